The number of aliphatic carboxylic acids is 1. The van der Waals surface area contributed by atoms with E-state index in [1.54, 1.807) is 18.0 Å². The molecule has 16 heavy (non-hydrogen) atoms. The molecule has 0 saturated heterocycles. The first-order valence-corrected chi connectivity index (χ1v) is 5.57. The highest BCUT2D eigenvalue weighted by Crippen LogP contribution is 2.24. The summed E-state index contributed by atoms with van der Waals surface area (Å²) in [5, 5.41) is 9.75. The lowest BCUT2D eigenvalue weighted by molar-refractivity contribution is -0.138. The van der Waals surface area contributed by atoms with Crippen molar-refractivity contribution in [2.45, 2.75) is 26.3 Å². The number of hydrogen-bond donors (Lipinski definition) is 1. The lowest BCUT2D eigenvalue weighted by Gasteiger charge is -2.27. The van der Waals surface area contributed by atoms with E-state index in [2.05, 4.69) is 0 Å². The fraction of sp³-hybridized carbons (Fsp3) is 0.417. The number of carboxylic acid groups (broad SMARTS) is 1. The normalized spacial score (nSPS) is 12.2. The number of aryl methyl sites for hydroxylation is 1. The van der Waals surface area contributed by atoms with Crippen molar-refractivity contribution in [3.05, 3.63) is 28.8 Å². The van der Waals surface area contributed by atoms with Gasteiger partial charge in [-0.1, -0.05) is 18.5 Å². The first-order chi connectivity index (χ1) is 7.47. The highest BCUT2D eigenvalue weighted by molar-refractivity contribution is 6.30. The van der Waals surface area contributed by atoms with Gasteiger partial charge in [-0.2, -0.15) is 0 Å². The maximum absolute atomic E-state index is 11.1. The molecule has 0 bridgehead atoms. The maximum Gasteiger partial charge on any atom is 0.326 e. The van der Waals surface area contributed by atoms with E-state index in [1.165, 1.54) is 0 Å². The quantitative estimate of drug-likeness (QED) is 0.881. The Kier molecular flexibility index (Phi) is 4.19. The third-order valence-corrected chi connectivity index (χ3v) is 2.91. The summed E-state index contributed by atoms with van der Waals surface area (Å²) in [6.07, 6.45) is 0.563. The maximum atomic E-state index is 11.1. The Morgan fingerprint density at radius 3 is 2.62 bits per heavy atom. The van der Waals surface area contributed by atoms with Crippen molar-refractivity contribution in [3.63, 3.8) is 0 Å². The van der Waals surface area contributed by atoms with Gasteiger partial charge >= 0.3 is 5.97 Å². The molecule has 0 amide bonds. The molecule has 0 saturated carbocycles. The second kappa shape index (κ2) is 5.21. The number of anilines is 1. The molecule has 0 spiro atoms. The van der Waals surface area contributed by atoms with Gasteiger partial charge in [-0.05, 0) is 37.1 Å². The lowest BCUT2D eigenvalue weighted by atomic mass is 10.1. The number of likely N-dealkylation sites (N-methyl/N-ethyl adjacent to an activating group) is 1. The molecular formula is C12H16ClNO2. The largest absolute Gasteiger partial charge is 0.480 e. The summed E-state index contributed by atoms with van der Waals surface area (Å²) >= 11 is 5.86. The Hall–Kier alpha value is -1.22. The molecule has 1 atom stereocenters. The molecule has 4 heteroatoms. The Labute approximate surface area is 101 Å². The summed E-state index contributed by atoms with van der Waals surface area (Å²) < 4.78 is 0. The Morgan fingerprint density at radius 1 is 1.56 bits per heavy atom. The fourth-order valence-electron chi connectivity index (χ4n) is 1.80. The Bertz CT molecular complexity index is 393. The van der Waals surface area contributed by atoms with Crippen LogP contribution in [0.25, 0.3) is 0 Å². The van der Waals surface area contributed by atoms with Crippen LogP contribution in [0.3, 0.4) is 0 Å². The van der Waals surface area contributed by atoms with Gasteiger partial charge < -0.3 is 10.0 Å². The van der Waals surface area contributed by atoms with Gasteiger partial charge in [0.05, 0.1) is 0 Å². The number of carboxylic acids is 1. The molecule has 1 N–H and O–H groups in total. The number of hydrogen-bond acceptors (Lipinski definition) is 2. The lowest BCUT2D eigenvalue weighted by Crippen LogP contribution is -2.38. The molecule has 88 valence electrons. The first kappa shape index (κ1) is 12.8. The second-order valence-electron chi connectivity index (χ2n) is 3.80. The predicted octanol–water partition coefficient (Wildman–Crippen LogP) is 2.95. The van der Waals surface area contributed by atoms with Crippen LogP contribution in [0.5, 0.6) is 0 Å². The summed E-state index contributed by atoms with van der Waals surface area (Å²) in [5.41, 5.74) is 1.88. The van der Waals surface area contributed by atoms with Gasteiger partial charge in [0.2, 0.25) is 0 Å². The van der Waals surface area contributed by atoms with Crippen LogP contribution in [0.15, 0.2) is 18.2 Å². The summed E-state index contributed by atoms with van der Waals surface area (Å²) in [5.74, 6) is -0.806. The molecule has 0 aliphatic carbocycles. The van der Waals surface area contributed by atoms with Crippen molar-refractivity contribution >= 4 is 23.3 Å². The van der Waals surface area contributed by atoms with E-state index in [-0.39, 0.29) is 0 Å². The minimum Gasteiger partial charge on any atom is -0.480 e. The molecule has 0 unspecified atom stereocenters. The van der Waals surface area contributed by atoms with Gasteiger partial charge in [-0.3, -0.25) is 0 Å². The summed E-state index contributed by atoms with van der Waals surface area (Å²) in [7, 11) is 1.79. The Morgan fingerprint density at radius 2 is 2.19 bits per heavy atom. The van der Waals surface area contributed by atoms with E-state index in [4.69, 9.17) is 16.7 Å². The molecule has 1 aromatic carbocycles. The van der Waals surface area contributed by atoms with Gasteiger partial charge in [0, 0.05) is 17.8 Å². The van der Waals surface area contributed by atoms with Crippen LogP contribution in [0.1, 0.15) is 18.9 Å². The van der Waals surface area contributed by atoms with Gasteiger partial charge in [-0.25, -0.2) is 4.79 Å². The molecule has 0 aromatic heterocycles. The fourth-order valence-corrected chi connectivity index (χ4v) is 2.02. The number of nitrogens with zero attached hydrogens (tertiary/aromatic N) is 1. The van der Waals surface area contributed by atoms with Gasteiger partial charge in [-0.15, -0.1) is 0 Å². The van der Waals surface area contributed by atoms with Crippen LogP contribution >= 0.6 is 11.6 Å². The van der Waals surface area contributed by atoms with Crippen molar-refractivity contribution < 1.29 is 9.90 Å². The van der Waals surface area contributed by atoms with Crippen molar-refractivity contribution in [2.75, 3.05) is 11.9 Å². The Balaban J connectivity index is 3.03. The van der Waals surface area contributed by atoms with E-state index in [1.807, 2.05) is 26.0 Å². The average Bonchev–Trinajstić information content (AvgIpc) is 2.17. The second-order valence-corrected chi connectivity index (χ2v) is 4.24. The number of halogens is 1. The van der Waals surface area contributed by atoms with E-state index < -0.39 is 12.0 Å². The molecular weight excluding hydrogens is 226 g/mol. The standard InChI is InChI=1S/C12H16ClNO2/c1-4-10(12(15)16)14(3)11-6-5-9(13)7-8(11)2/h5-7,10H,4H2,1-3H3,(H,15,16)/t10-/m0/s1. The number of benzene rings is 1. The SMILES string of the molecule is CC[C@@H](C(=O)O)N(C)c1ccc(Cl)cc1C. The molecule has 0 heterocycles. The highest BCUT2D eigenvalue weighted by atomic mass is 35.5. The van der Waals surface area contributed by atoms with Crippen LogP contribution in [0.2, 0.25) is 5.02 Å². The third kappa shape index (κ3) is 2.67. The highest BCUT2D eigenvalue weighted by Gasteiger charge is 2.21. The molecule has 1 rings (SSSR count). The minimum absolute atomic E-state index is 0.500. The van der Waals surface area contributed by atoms with E-state index in [0.717, 1.165) is 11.3 Å². The minimum atomic E-state index is -0.806. The zero-order chi connectivity index (χ0) is 12.3. The van der Waals surface area contributed by atoms with Crippen molar-refractivity contribution in [2.24, 2.45) is 0 Å². The van der Waals surface area contributed by atoms with Crippen LogP contribution in [0.4, 0.5) is 5.69 Å². The zero-order valence-corrected chi connectivity index (χ0v) is 10.5. The van der Waals surface area contributed by atoms with Crippen LogP contribution < -0.4 is 4.90 Å². The third-order valence-electron chi connectivity index (χ3n) is 2.68. The summed E-state index contributed by atoms with van der Waals surface area (Å²) in [6, 6.07) is 4.96. The van der Waals surface area contributed by atoms with Gasteiger partial charge in [0.1, 0.15) is 6.04 Å². The molecule has 0 aliphatic rings. The topological polar surface area (TPSA) is 40.5 Å². The van der Waals surface area contributed by atoms with E-state index in [0.29, 0.717) is 11.4 Å². The number of carbonyl (C=O) groups is 1. The summed E-state index contributed by atoms with van der Waals surface area (Å²) in [4.78, 5) is 12.8. The van der Waals surface area contributed by atoms with Crippen molar-refractivity contribution in [1.82, 2.24) is 0 Å². The van der Waals surface area contributed by atoms with Crippen molar-refractivity contribution in [3.8, 4) is 0 Å². The van der Waals surface area contributed by atoms with Crippen LogP contribution in [0, 0.1) is 6.92 Å². The molecule has 0 radical (unpaired) electrons. The van der Waals surface area contributed by atoms with Crippen LogP contribution in [-0.2, 0) is 4.79 Å². The van der Waals surface area contributed by atoms with E-state index in [9.17, 15) is 4.79 Å². The zero-order valence-electron chi connectivity index (χ0n) is 9.70. The van der Waals surface area contributed by atoms with E-state index >= 15 is 0 Å². The molecule has 0 aliphatic heterocycles. The smallest absolute Gasteiger partial charge is 0.326 e. The van der Waals surface area contributed by atoms with Crippen molar-refractivity contribution in [1.29, 1.82) is 0 Å². The monoisotopic (exact) mass is 241 g/mol. The summed E-state index contributed by atoms with van der Waals surface area (Å²) in [6.45, 7) is 3.78. The molecule has 0 fully saturated rings. The first-order valence-electron chi connectivity index (χ1n) is 5.19. The number of rotatable bonds is 4. The van der Waals surface area contributed by atoms with Gasteiger partial charge in [0.25, 0.3) is 0 Å². The molecule has 1 aromatic rings. The van der Waals surface area contributed by atoms with Gasteiger partial charge in [0.15, 0.2) is 0 Å². The average molecular weight is 242 g/mol. The van der Waals surface area contributed by atoms with Crippen LogP contribution in [-0.4, -0.2) is 24.2 Å². The predicted molar refractivity (Wildman–Crippen MR) is 66.3 cm³/mol. The molecule has 3 nitrogen and oxygen atoms in total.